The third-order valence-corrected chi connectivity index (χ3v) is 11.7. The highest BCUT2D eigenvalue weighted by atomic mass is 16.3. The van der Waals surface area contributed by atoms with Crippen LogP contribution in [0.3, 0.4) is 0 Å². The highest BCUT2D eigenvalue weighted by Gasteiger charge is 2.18. The maximum absolute atomic E-state index is 6.01. The van der Waals surface area contributed by atoms with Crippen LogP contribution in [0.25, 0.3) is 121 Å². The molecule has 0 saturated carbocycles. The topological polar surface area (TPSA) is 51.8 Å². The summed E-state index contributed by atoms with van der Waals surface area (Å²) in [5.74, 6) is 0.608. The lowest BCUT2D eigenvalue weighted by molar-refractivity contribution is 0.620. The van der Waals surface area contributed by atoms with E-state index >= 15 is 0 Å². The quantitative estimate of drug-likeness (QED) is 0.130. The van der Waals surface area contributed by atoms with E-state index in [2.05, 4.69) is 169 Å². The molecule has 0 radical (unpaired) electrons. The van der Waals surface area contributed by atoms with Crippen LogP contribution < -0.4 is 0 Å². The van der Waals surface area contributed by atoms with Crippen LogP contribution in [-0.4, -0.2) is 15.0 Å². The number of nitrogens with zero attached hydrogens (tertiary/aromatic N) is 3. The Bertz CT molecular complexity index is 3510. The van der Waals surface area contributed by atoms with E-state index in [0.29, 0.717) is 5.89 Å². The van der Waals surface area contributed by atoms with E-state index in [-0.39, 0.29) is 0 Å². The molecule has 0 aliphatic rings. The van der Waals surface area contributed by atoms with E-state index in [4.69, 9.17) is 14.4 Å². The molecule has 59 heavy (non-hydrogen) atoms. The van der Waals surface area contributed by atoms with Gasteiger partial charge in [0, 0.05) is 27.5 Å². The zero-order chi connectivity index (χ0) is 38.9. The van der Waals surface area contributed by atoms with Crippen molar-refractivity contribution in [2.45, 2.75) is 0 Å². The van der Waals surface area contributed by atoms with E-state index in [0.717, 1.165) is 61.0 Å². The lowest BCUT2D eigenvalue weighted by atomic mass is 9.84. The van der Waals surface area contributed by atoms with E-state index in [1.54, 1.807) is 0 Å². The first-order valence-corrected chi connectivity index (χ1v) is 19.9. The van der Waals surface area contributed by atoms with Crippen LogP contribution in [0, 0.1) is 0 Å². The van der Waals surface area contributed by atoms with Gasteiger partial charge in [0.05, 0.1) is 22.4 Å². The van der Waals surface area contributed by atoms with Crippen LogP contribution in [0.15, 0.2) is 205 Å². The summed E-state index contributed by atoms with van der Waals surface area (Å²) in [6.45, 7) is 0. The fourth-order valence-electron chi connectivity index (χ4n) is 8.85. The number of hydrogen-bond donors (Lipinski definition) is 0. The predicted octanol–water partition coefficient (Wildman–Crippen LogP) is 14.7. The van der Waals surface area contributed by atoms with Crippen LogP contribution in [0.2, 0.25) is 0 Å². The summed E-state index contributed by atoms with van der Waals surface area (Å²) in [6, 6.07) is 70.7. The molecule has 0 N–H and O–H groups in total. The van der Waals surface area contributed by atoms with Crippen LogP contribution >= 0.6 is 0 Å². The first-order valence-electron chi connectivity index (χ1n) is 19.9. The Balaban J connectivity index is 0.931. The molecule has 4 heteroatoms. The molecular weight excluding hydrogens is 719 g/mol. The minimum Gasteiger partial charge on any atom is -0.436 e. The molecule has 3 heterocycles. The SMILES string of the molecule is c1ccc2c(-c3c4ccccc4c(-c4ccc(-c5ccc6ccc7ccc(-c8ccc(-c9nc%10ccccc%10o9)cc8)nc7c6n5)cc4)c4ccccc34)cccc2c1. The predicted molar refractivity (Wildman–Crippen MR) is 244 cm³/mol. The molecule has 12 rings (SSSR count). The van der Waals surface area contributed by atoms with Crippen molar-refractivity contribution in [3.05, 3.63) is 200 Å². The number of aromatic nitrogens is 3. The van der Waals surface area contributed by atoms with Gasteiger partial charge in [-0.05, 0) is 91.0 Å². The highest BCUT2D eigenvalue weighted by molar-refractivity contribution is 6.23. The van der Waals surface area contributed by atoms with Crippen molar-refractivity contribution >= 4 is 65.2 Å². The van der Waals surface area contributed by atoms with Gasteiger partial charge in [-0.15, -0.1) is 0 Å². The van der Waals surface area contributed by atoms with Gasteiger partial charge in [0.2, 0.25) is 5.89 Å². The summed E-state index contributed by atoms with van der Waals surface area (Å²) in [5, 5.41) is 9.57. The van der Waals surface area contributed by atoms with Crippen molar-refractivity contribution in [3.8, 4) is 56.2 Å². The molecule has 0 atom stereocenters. The molecule has 9 aromatic carbocycles. The van der Waals surface area contributed by atoms with Gasteiger partial charge in [-0.2, -0.15) is 0 Å². The lowest BCUT2D eigenvalue weighted by Gasteiger charge is -2.19. The Hall–Kier alpha value is -7.95. The second kappa shape index (κ2) is 13.3. The van der Waals surface area contributed by atoms with Gasteiger partial charge in [0.1, 0.15) is 5.52 Å². The van der Waals surface area contributed by atoms with Gasteiger partial charge in [-0.1, -0.05) is 164 Å². The molecule has 0 amide bonds. The minimum atomic E-state index is 0.608. The molecule has 4 nitrogen and oxygen atoms in total. The normalized spacial score (nSPS) is 11.7. The van der Waals surface area contributed by atoms with Crippen molar-refractivity contribution < 1.29 is 4.42 Å². The fourth-order valence-corrected chi connectivity index (χ4v) is 8.85. The van der Waals surface area contributed by atoms with Gasteiger partial charge in [0.15, 0.2) is 5.58 Å². The van der Waals surface area contributed by atoms with E-state index in [1.165, 1.54) is 54.6 Å². The molecule has 0 saturated heterocycles. The standard InChI is InChI=1S/C55H33N3O/c1-2-12-41-34(10-1)11-9-17-42(41)52-45-15-5-3-13-43(45)51(44-14-4-6-16-46(44)52)37-24-20-35(21-25-37)47-32-30-38-26-27-39-31-33-48(57-54(39)53(38)56-47)36-22-28-40(29-23-36)55-58-49-18-7-8-19-50(49)59-55/h1-33H. The first kappa shape index (κ1) is 33.2. The Morgan fingerprint density at radius 3 is 1.39 bits per heavy atom. The monoisotopic (exact) mass is 751 g/mol. The average molecular weight is 752 g/mol. The summed E-state index contributed by atoms with van der Waals surface area (Å²) in [5.41, 5.74) is 13.1. The van der Waals surface area contributed by atoms with Crippen molar-refractivity contribution in [2.75, 3.05) is 0 Å². The van der Waals surface area contributed by atoms with Crippen LogP contribution in [0.1, 0.15) is 0 Å². The molecule has 0 bridgehead atoms. The van der Waals surface area contributed by atoms with Gasteiger partial charge in [0.25, 0.3) is 0 Å². The molecule has 12 aromatic rings. The van der Waals surface area contributed by atoms with Gasteiger partial charge < -0.3 is 4.42 Å². The molecule has 0 fully saturated rings. The van der Waals surface area contributed by atoms with Crippen molar-refractivity contribution in [1.82, 2.24) is 15.0 Å². The third kappa shape index (κ3) is 5.49. The zero-order valence-corrected chi connectivity index (χ0v) is 31.8. The maximum atomic E-state index is 6.01. The lowest BCUT2D eigenvalue weighted by Crippen LogP contribution is -1.92. The van der Waals surface area contributed by atoms with Crippen molar-refractivity contribution in [2.24, 2.45) is 0 Å². The molecular formula is C55H33N3O. The largest absolute Gasteiger partial charge is 0.436 e. The fraction of sp³-hybridized carbons (Fsp3) is 0. The number of hydrogen-bond acceptors (Lipinski definition) is 4. The number of pyridine rings is 2. The second-order valence-corrected chi connectivity index (χ2v) is 15.1. The summed E-state index contributed by atoms with van der Waals surface area (Å²) in [6.07, 6.45) is 0. The van der Waals surface area contributed by atoms with E-state index in [9.17, 15) is 0 Å². The highest BCUT2D eigenvalue weighted by Crippen LogP contribution is 2.45. The van der Waals surface area contributed by atoms with Crippen LogP contribution in [-0.2, 0) is 0 Å². The Morgan fingerprint density at radius 1 is 0.305 bits per heavy atom. The van der Waals surface area contributed by atoms with Crippen LogP contribution in [0.4, 0.5) is 0 Å². The summed E-state index contributed by atoms with van der Waals surface area (Å²) in [4.78, 5) is 15.1. The third-order valence-electron chi connectivity index (χ3n) is 11.7. The summed E-state index contributed by atoms with van der Waals surface area (Å²) in [7, 11) is 0. The molecule has 0 aliphatic carbocycles. The number of para-hydroxylation sites is 2. The summed E-state index contributed by atoms with van der Waals surface area (Å²) < 4.78 is 6.01. The Kier molecular flexibility index (Phi) is 7.50. The molecule has 0 spiro atoms. The molecule has 0 aliphatic heterocycles. The smallest absolute Gasteiger partial charge is 0.227 e. The molecule has 3 aromatic heterocycles. The average Bonchev–Trinajstić information content (AvgIpc) is 3.75. The van der Waals surface area contributed by atoms with Crippen LogP contribution in [0.5, 0.6) is 0 Å². The van der Waals surface area contributed by atoms with Gasteiger partial charge in [-0.3, -0.25) is 0 Å². The van der Waals surface area contributed by atoms with E-state index < -0.39 is 0 Å². The number of oxazole rings is 1. The Labute approximate surface area is 339 Å². The van der Waals surface area contributed by atoms with Gasteiger partial charge >= 0.3 is 0 Å². The zero-order valence-electron chi connectivity index (χ0n) is 31.8. The van der Waals surface area contributed by atoms with Gasteiger partial charge in [-0.25, -0.2) is 15.0 Å². The first-order chi connectivity index (χ1) is 29.2. The van der Waals surface area contributed by atoms with Crippen molar-refractivity contribution in [1.29, 1.82) is 0 Å². The minimum absolute atomic E-state index is 0.608. The van der Waals surface area contributed by atoms with E-state index in [1.807, 2.05) is 36.4 Å². The van der Waals surface area contributed by atoms with Crippen molar-refractivity contribution in [3.63, 3.8) is 0 Å². The summed E-state index contributed by atoms with van der Waals surface area (Å²) >= 11 is 0. The second-order valence-electron chi connectivity index (χ2n) is 15.1. The number of fused-ring (bicyclic) bond motifs is 7. The number of benzene rings is 9. The Morgan fingerprint density at radius 2 is 0.780 bits per heavy atom. The molecule has 274 valence electrons. The maximum Gasteiger partial charge on any atom is 0.227 e. The number of rotatable bonds is 5. The molecule has 0 unspecified atom stereocenters.